The largest absolute Gasteiger partial charge is 0.458 e. The number of aliphatic hydroxyl groups excluding tert-OH is 1. The van der Waals surface area contributed by atoms with E-state index in [1.165, 1.54) is 0 Å². The van der Waals surface area contributed by atoms with Crippen molar-refractivity contribution in [1.82, 2.24) is 0 Å². The van der Waals surface area contributed by atoms with Crippen LogP contribution in [0.5, 0.6) is 0 Å². The van der Waals surface area contributed by atoms with E-state index in [0.29, 0.717) is 5.76 Å². The van der Waals surface area contributed by atoms with Crippen LogP contribution in [0, 0.1) is 6.92 Å². The number of aryl methyl sites for hydroxylation is 1. The smallest absolute Gasteiger partial charge is 0.138 e. The molecule has 1 aromatic heterocycles. The highest BCUT2D eigenvalue weighted by molar-refractivity contribution is 9.10. The molecular formula is C16H13BrO2. The van der Waals surface area contributed by atoms with Crippen molar-refractivity contribution in [3.63, 3.8) is 0 Å². The normalized spacial score (nSPS) is 12.8. The minimum absolute atomic E-state index is 0.576. The Morgan fingerprint density at radius 1 is 1.11 bits per heavy atom. The van der Waals surface area contributed by atoms with E-state index in [0.717, 1.165) is 26.6 Å². The zero-order chi connectivity index (χ0) is 13.4. The van der Waals surface area contributed by atoms with Crippen LogP contribution in [0.25, 0.3) is 11.0 Å². The van der Waals surface area contributed by atoms with Crippen molar-refractivity contribution in [3.05, 3.63) is 69.9 Å². The number of aliphatic hydroxyl groups is 1. The van der Waals surface area contributed by atoms with E-state index in [-0.39, 0.29) is 0 Å². The van der Waals surface area contributed by atoms with Crippen molar-refractivity contribution in [2.45, 2.75) is 13.0 Å². The fourth-order valence-electron chi connectivity index (χ4n) is 2.24. The molecule has 1 atom stereocenters. The molecule has 19 heavy (non-hydrogen) atoms. The molecule has 0 spiro atoms. The van der Waals surface area contributed by atoms with Crippen LogP contribution >= 0.6 is 15.9 Å². The number of hydrogen-bond donors (Lipinski definition) is 1. The molecule has 0 amide bonds. The average Bonchev–Trinajstić information content (AvgIpc) is 2.81. The van der Waals surface area contributed by atoms with Crippen LogP contribution in [0.4, 0.5) is 0 Å². The maximum absolute atomic E-state index is 10.5. The first kappa shape index (κ1) is 12.5. The van der Waals surface area contributed by atoms with E-state index in [1.54, 1.807) is 0 Å². The van der Waals surface area contributed by atoms with Gasteiger partial charge in [-0.1, -0.05) is 40.2 Å². The number of furan rings is 1. The number of rotatable bonds is 2. The fraction of sp³-hybridized carbons (Fsp3) is 0.125. The maximum Gasteiger partial charge on any atom is 0.138 e. The summed E-state index contributed by atoms with van der Waals surface area (Å²) in [6.07, 6.45) is -0.736. The van der Waals surface area contributed by atoms with Crippen LogP contribution in [0.1, 0.15) is 23.0 Å². The van der Waals surface area contributed by atoms with Gasteiger partial charge in [0.2, 0.25) is 0 Å². The van der Waals surface area contributed by atoms with Crippen LogP contribution in [0.2, 0.25) is 0 Å². The summed E-state index contributed by atoms with van der Waals surface area (Å²) >= 11 is 3.42. The SMILES string of the molecule is Cc1cc(Br)ccc1C(O)c1cc2ccccc2o1. The minimum atomic E-state index is -0.736. The molecule has 0 bridgehead atoms. The molecule has 2 aromatic carbocycles. The molecule has 0 aliphatic rings. The Bertz CT molecular complexity index is 697. The summed E-state index contributed by atoms with van der Waals surface area (Å²) in [4.78, 5) is 0. The highest BCUT2D eigenvalue weighted by Crippen LogP contribution is 2.30. The Morgan fingerprint density at radius 3 is 2.63 bits per heavy atom. The zero-order valence-electron chi connectivity index (χ0n) is 10.4. The topological polar surface area (TPSA) is 33.4 Å². The number of hydrogen-bond acceptors (Lipinski definition) is 2. The van der Waals surface area contributed by atoms with Crippen LogP contribution < -0.4 is 0 Å². The highest BCUT2D eigenvalue weighted by atomic mass is 79.9. The number of fused-ring (bicyclic) bond motifs is 1. The van der Waals surface area contributed by atoms with Gasteiger partial charge in [0.05, 0.1) is 0 Å². The number of halogens is 1. The van der Waals surface area contributed by atoms with Crippen molar-refractivity contribution in [2.75, 3.05) is 0 Å². The number of para-hydroxylation sites is 1. The zero-order valence-corrected chi connectivity index (χ0v) is 12.0. The average molecular weight is 317 g/mol. The lowest BCUT2D eigenvalue weighted by molar-refractivity contribution is 0.191. The van der Waals surface area contributed by atoms with Gasteiger partial charge in [0.25, 0.3) is 0 Å². The molecule has 0 aliphatic heterocycles. The molecule has 0 aliphatic carbocycles. The first-order valence-electron chi connectivity index (χ1n) is 6.08. The summed E-state index contributed by atoms with van der Waals surface area (Å²) < 4.78 is 6.71. The second-order valence-electron chi connectivity index (χ2n) is 4.59. The van der Waals surface area contributed by atoms with Gasteiger partial charge in [0.15, 0.2) is 0 Å². The van der Waals surface area contributed by atoms with E-state index in [4.69, 9.17) is 4.42 Å². The Kier molecular flexibility index (Phi) is 3.17. The monoisotopic (exact) mass is 316 g/mol. The van der Waals surface area contributed by atoms with Gasteiger partial charge in [-0.05, 0) is 42.3 Å². The van der Waals surface area contributed by atoms with Gasteiger partial charge >= 0.3 is 0 Å². The van der Waals surface area contributed by atoms with Crippen LogP contribution in [0.3, 0.4) is 0 Å². The van der Waals surface area contributed by atoms with Gasteiger partial charge in [-0.25, -0.2) is 0 Å². The predicted octanol–water partition coefficient (Wildman–Crippen LogP) is 4.59. The van der Waals surface area contributed by atoms with E-state index >= 15 is 0 Å². The van der Waals surface area contributed by atoms with Crippen LogP contribution in [-0.2, 0) is 0 Å². The lowest BCUT2D eigenvalue weighted by atomic mass is 10.0. The van der Waals surface area contributed by atoms with Crippen molar-refractivity contribution in [3.8, 4) is 0 Å². The summed E-state index contributed by atoms with van der Waals surface area (Å²) in [6.45, 7) is 1.98. The van der Waals surface area contributed by atoms with Crippen molar-refractivity contribution in [2.24, 2.45) is 0 Å². The van der Waals surface area contributed by atoms with Crippen molar-refractivity contribution in [1.29, 1.82) is 0 Å². The van der Waals surface area contributed by atoms with Gasteiger partial charge in [-0.3, -0.25) is 0 Å². The molecule has 1 unspecified atom stereocenters. The van der Waals surface area contributed by atoms with E-state index < -0.39 is 6.10 Å². The van der Waals surface area contributed by atoms with Gasteiger partial charge in [-0.2, -0.15) is 0 Å². The number of benzene rings is 2. The van der Waals surface area contributed by atoms with Crippen LogP contribution in [0.15, 0.2) is 57.4 Å². The van der Waals surface area contributed by atoms with Gasteiger partial charge in [0, 0.05) is 9.86 Å². The highest BCUT2D eigenvalue weighted by Gasteiger charge is 2.17. The van der Waals surface area contributed by atoms with Crippen LogP contribution in [-0.4, -0.2) is 5.11 Å². The molecule has 0 fully saturated rings. The molecule has 3 aromatic rings. The molecule has 3 rings (SSSR count). The first-order valence-corrected chi connectivity index (χ1v) is 6.87. The molecular weight excluding hydrogens is 304 g/mol. The molecule has 3 heteroatoms. The lowest BCUT2D eigenvalue weighted by Crippen LogP contribution is -2.00. The maximum atomic E-state index is 10.5. The molecule has 2 nitrogen and oxygen atoms in total. The second kappa shape index (κ2) is 4.83. The van der Waals surface area contributed by atoms with Gasteiger partial charge < -0.3 is 9.52 Å². The Morgan fingerprint density at radius 2 is 1.89 bits per heavy atom. The first-order chi connectivity index (χ1) is 9.15. The molecule has 1 heterocycles. The molecule has 0 saturated heterocycles. The quantitative estimate of drug-likeness (QED) is 0.750. The van der Waals surface area contributed by atoms with Gasteiger partial charge in [0.1, 0.15) is 17.4 Å². The minimum Gasteiger partial charge on any atom is -0.458 e. The second-order valence-corrected chi connectivity index (χ2v) is 5.51. The van der Waals surface area contributed by atoms with E-state index in [2.05, 4.69) is 15.9 Å². The Hall–Kier alpha value is -1.58. The molecule has 0 saturated carbocycles. The summed E-state index contributed by atoms with van der Waals surface area (Å²) in [7, 11) is 0. The molecule has 0 radical (unpaired) electrons. The Balaban J connectivity index is 2.05. The third kappa shape index (κ3) is 2.31. The summed E-state index contributed by atoms with van der Waals surface area (Å²) in [5.41, 5.74) is 2.69. The summed E-state index contributed by atoms with van der Waals surface area (Å²) in [5, 5.41) is 11.5. The standard InChI is InChI=1S/C16H13BrO2/c1-10-8-12(17)6-7-13(10)16(18)15-9-11-4-2-3-5-14(11)19-15/h2-9,16,18H,1H3. The molecule has 96 valence electrons. The predicted molar refractivity (Wildman–Crippen MR) is 79.2 cm³/mol. The summed E-state index contributed by atoms with van der Waals surface area (Å²) in [6, 6.07) is 15.5. The summed E-state index contributed by atoms with van der Waals surface area (Å²) in [5.74, 6) is 0.576. The fourth-order valence-corrected chi connectivity index (χ4v) is 2.71. The van der Waals surface area contributed by atoms with Gasteiger partial charge in [-0.15, -0.1) is 0 Å². The van der Waals surface area contributed by atoms with Crippen molar-refractivity contribution < 1.29 is 9.52 Å². The van der Waals surface area contributed by atoms with E-state index in [9.17, 15) is 5.11 Å². The molecule has 1 N–H and O–H groups in total. The lowest BCUT2D eigenvalue weighted by Gasteiger charge is -2.11. The van der Waals surface area contributed by atoms with E-state index in [1.807, 2.05) is 55.5 Å². The third-order valence-electron chi connectivity index (χ3n) is 3.24. The Labute approximate surface area is 119 Å². The van der Waals surface area contributed by atoms with Crippen molar-refractivity contribution >= 4 is 26.9 Å². The third-order valence-corrected chi connectivity index (χ3v) is 3.73.